The summed E-state index contributed by atoms with van der Waals surface area (Å²) in [4.78, 5) is 30.4. The molecule has 0 aliphatic carbocycles. The summed E-state index contributed by atoms with van der Waals surface area (Å²) in [7, 11) is 0. The van der Waals surface area contributed by atoms with Gasteiger partial charge >= 0.3 is 0 Å². The van der Waals surface area contributed by atoms with Crippen molar-refractivity contribution >= 4 is 23.2 Å². The molecule has 2 rings (SSSR count). The molecule has 1 saturated heterocycles. The van der Waals surface area contributed by atoms with E-state index in [4.69, 9.17) is 4.98 Å². The summed E-state index contributed by atoms with van der Waals surface area (Å²) >= 11 is 1.69. The van der Waals surface area contributed by atoms with Crippen molar-refractivity contribution in [2.24, 2.45) is 5.92 Å². The van der Waals surface area contributed by atoms with E-state index in [0.29, 0.717) is 18.9 Å². The van der Waals surface area contributed by atoms with Crippen LogP contribution in [-0.4, -0.2) is 41.3 Å². The van der Waals surface area contributed by atoms with E-state index >= 15 is 0 Å². The summed E-state index contributed by atoms with van der Waals surface area (Å²) in [5, 5.41) is 6.15. The van der Waals surface area contributed by atoms with Crippen LogP contribution in [0.2, 0.25) is 0 Å². The number of thiazole rings is 1. The van der Waals surface area contributed by atoms with Gasteiger partial charge in [-0.05, 0) is 19.3 Å². The Morgan fingerprint density at radius 3 is 2.96 bits per heavy atom. The zero-order chi connectivity index (χ0) is 17.5. The fourth-order valence-corrected chi connectivity index (χ4v) is 3.90. The third-order valence-corrected chi connectivity index (χ3v) is 5.42. The summed E-state index contributed by atoms with van der Waals surface area (Å²) in [5.41, 5.74) is 1.04. The van der Waals surface area contributed by atoms with E-state index in [1.807, 2.05) is 25.7 Å². The average Bonchev–Trinajstić information content (AvgIpc) is 3.04. The summed E-state index contributed by atoms with van der Waals surface area (Å²) in [6.07, 6.45) is 4.47. The monoisotopic (exact) mass is 351 g/mol. The number of likely N-dealkylation sites (tertiary alicyclic amines) is 1. The molecule has 0 radical (unpaired) electrons. The van der Waals surface area contributed by atoms with Gasteiger partial charge in [-0.25, -0.2) is 4.98 Å². The zero-order valence-electron chi connectivity index (χ0n) is 15.0. The van der Waals surface area contributed by atoms with Crippen molar-refractivity contribution in [3.63, 3.8) is 0 Å². The van der Waals surface area contributed by atoms with Crippen LogP contribution in [0.4, 0.5) is 0 Å². The molecule has 6 heteroatoms. The Morgan fingerprint density at radius 1 is 1.46 bits per heavy atom. The number of amides is 2. The fourth-order valence-electron chi connectivity index (χ4n) is 2.92. The molecule has 0 bridgehead atoms. The van der Waals surface area contributed by atoms with Crippen molar-refractivity contribution in [2.45, 2.75) is 58.8 Å². The summed E-state index contributed by atoms with van der Waals surface area (Å²) < 4.78 is 0. The van der Waals surface area contributed by atoms with Gasteiger partial charge in [0.05, 0.1) is 10.7 Å². The van der Waals surface area contributed by atoms with Crippen LogP contribution in [0.3, 0.4) is 0 Å². The minimum absolute atomic E-state index is 0.0184. The van der Waals surface area contributed by atoms with Gasteiger partial charge in [-0.1, -0.05) is 20.8 Å². The van der Waals surface area contributed by atoms with Gasteiger partial charge in [0.1, 0.15) is 0 Å². The maximum absolute atomic E-state index is 12.1. The third kappa shape index (κ3) is 5.30. The van der Waals surface area contributed by atoms with Crippen LogP contribution in [-0.2, 0) is 16.0 Å². The largest absolute Gasteiger partial charge is 0.355 e. The molecule has 5 nitrogen and oxygen atoms in total. The number of piperidine rings is 1. The molecule has 0 saturated carbocycles. The van der Waals surface area contributed by atoms with E-state index in [-0.39, 0.29) is 17.7 Å². The molecule has 134 valence electrons. The normalized spacial score (nSPS) is 18.0. The summed E-state index contributed by atoms with van der Waals surface area (Å²) in [6.45, 7) is 8.15. The second-order valence-corrected chi connectivity index (χ2v) is 7.69. The van der Waals surface area contributed by atoms with Gasteiger partial charge in [0.25, 0.3) is 0 Å². The number of hydrogen-bond donors (Lipinski definition) is 1. The Balaban J connectivity index is 1.85. The first kappa shape index (κ1) is 18.9. The molecular formula is C18H29N3O2S. The molecule has 24 heavy (non-hydrogen) atoms. The van der Waals surface area contributed by atoms with Crippen molar-refractivity contribution in [2.75, 3.05) is 19.6 Å². The first-order chi connectivity index (χ1) is 11.5. The second-order valence-electron chi connectivity index (χ2n) is 6.80. The molecule has 1 aromatic rings. The maximum Gasteiger partial charge on any atom is 0.222 e. The van der Waals surface area contributed by atoms with Gasteiger partial charge in [-0.15, -0.1) is 11.3 Å². The molecule has 1 aliphatic heterocycles. The lowest BCUT2D eigenvalue weighted by Crippen LogP contribution is -2.38. The Labute approximate surface area is 148 Å². The number of nitrogens with zero attached hydrogens (tertiary/aromatic N) is 2. The molecule has 2 heterocycles. The quantitative estimate of drug-likeness (QED) is 0.821. The SMILES string of the molecule is CCCC(=O)N1CCCC(c2nc(CCNC(=O)C(C)C)cs2)C1. The van der Waals surface area contributed by atoms with Crippen molar-refractivity contribution in [3.8, 4) is 0 Å². The molecule has 1 atom stereocenters. The highest BCUT2D eigenvalue weighted by Gasteiger charge is 2.26. The van der Waals surface area contributed by atoms with E-state index in [1.165, 1.54) is 0 Å². The van der Waals surface area contributed by atoms with Gasteiger partial charge in [-0.2, -0.15) is 0 Å². The Bertz CT molecular complexity index is 556. The summed E-state index contributed by atoms with van der Waals surface area (Å²) in [6, 6.07) is 0. The van der Waals surface area contributed by atoms with Crippen LogP contribution in [0, 0.1) is 5.92 Å². The van der Waals surface area contributed by atoms with Gasteiger partial charge in [0.15, 0.2) is 0 Å². The van der Waals surface area contributed by atoms with Gasteiger partial charge < -0.3 is 10.2 Å². The molecule has 0 spiro atoms. The highest BCUT2D eigenvalue weighted by molar-refractivity contribution is 7.09. The van der Waals surface area contributed by atoms with Gasteiger partial charge in [0.2, 0.25) is 11.8 Å². The zero-order valence-corrected chi connectivity index (χ0v) is 15.8. The number of rotatable bonds is 7. The lowest BCUT2D eigenvalue weighted by molar-refractivity contribution is -0.132. The van der Waals surface area contributed by atoms with Crippen LogP contribution < -0.4 is 5.32 Å². The first-order valence-electron chi connectivity index (χ1n) is 9.01. The van der Waals surface area contributed by atoms with Gasteiger partial charge in [-0.3, -0.25) is 9.59 Å². The standard InChI is InChI=1S/C18H29N3O2S/c1-4-6-16(22)21-10-5-7-14(11-21)18-20-15(12-24-18)8-9-19-17(23)13(2)3/h12-14H,4-11H2,1-3H3,(H,19,23). The van der Waals surface area contributed by atoms with Crippen LogP contribution in [0.5, 0.6) is 0 Å². The molecule has 2 amide bonds. The molecular weight excluding hydrogens is 322 g/mol. The Morgan fingerprint density at radius 2 is 2.25 bits per heavy atom. The van der Waals surface area contributed by atoms with Crippen LogP contribution in [0.25, 0.3) is 0 Å². The maximum atomic E-state index is 12.1. The predicted octanol–water partition coefficient (Wildman–Crippen LogP) is 2.96. The minimum atomic E-state index is 0.0184. The number of hydrogen-bond acceptors (Lipinski definition) is 4. The van der Waals surface area contributed by atoms with Gasteiger partial charge in [0, 0.05) is 49.7 Å². The number of carbonyl (C=O) groups is 2. The van der Waals surface area contributed by atoms with Crippen molar-refractivity contribution in [3.05, 3.63) is 16.1 Å². The Hall–Kier alpha value is -1.43. The molecule has 0 aromatic carbocycles. The third-order valence-electron chi connectivity index (χ3n) is 4.36. The first-order valence-corrected chi connectivity index (χ1v) is 9.89. The topological polar surface area (TPSA) is 62.3 Å². The molecule has 1 fully saturated rings. The predicted molar refractivity (Wildman–Crippen MR) is 97.1 cm³/mol. The lowest BCUT2D eigenvalue weighted by atomic mass is 9.98. The highest BCUT2D eigenvalue weighted by atomic mass is 32.1. The lowest BCUT2D eigenvalue weighted by Gasteiger charge is -2.31. The van der Waals surface area contributed by atoms with E-state index in [9.17, 15) is 9.59 Å². The Kier molecular flexibility index (Phi) is 7.21. The fraction of sp³-hybridized carbons (Fsp3) is 0.722. The average molecular weight is 352 g/mol. The van der Waals surface area contributed by atoms with E-state index in [1.54, 1.807) is 11.3 Å². The van der Waals surface area contributed by atoms with Crippen LogP contribution >= 0.6 is 11.3 Å². The molecule has 1 N–H and O–H groups in total. The number of nitrogens with one attached hydrogen (secondary N) is 1. The van der Waals surface area contributed by atoms with Crippen molar-refractivity contribution in [1.82, 2.24) is 15.2 Å². The van der Waals surface area contributed by atoms with Crippen LogP contribution in [0.1, 0.15) is 63.1 Å². The molecule has 1 unspecified atom stereocenters. The van der Waals surface area contributed by atoms with E-state index < -0.39 is 0 Å². The van der Waals surface area contributed by atoms with Crippen molar-refractivity contribution in [1.29, 1.82) is 0 Å². The number of aromatic nitrogens is 1. The minimum Gasteiger partial charge on any atom is -0.355 e. The number of carbonyl (C=O) groups excluding carboxylic acids is 2. The van der Waals surface area contributed by atoms with E-state index in [0.717, 1.165) is 49.5 Å². The van der Waals surface area contributed by atoms with Crippen LogP contribution in [0.15, 0.2) is 5.38 Å². The van der Waals surface area contributed by atoms with Crippen molar-refractivity contribution < 1.29 is 9.59 Å². The summed E-state index contributed by atoms with van der Waals surface area (Å²) in [5.74, 6) is 0.742. The highest BCUT2D eigenvalue weighted by Crippen LogP contribution is 2.29. The smallest absolute Gasteiger partial charge is 0.222 e. The molecule has 1 aliphatic rings. The molecule has 1 aromatic heterocycles. The van der Waals surface area contributed by atoms with E-state index in [2.05, 4.69) is 10.7 Å². The second kappa shape index (κ2) is 9.16.